The van der Waals surface area contributed by atoms with E-state index in [1.807, 2.05) is 0 Å². The molecule has 1 unspecified atom stereocenters. The molecule has 1 nitrogen and oxygen atoms in total. The van der Waals surface area contributed by atoms with Gasteiger partial charge in [0, 0.05) is 15.1 Å². The largest absolute Gasteiger partial charge is 0.309 e. The molecular weight excluding hydrogens is 355 g/mol. The van der Waals surface area contributed by atoms with E-state index in [0.717, 1.165) is 6.07 Å². The predicted octanol–water partition coefficient (Wildman–Crippen LogP) is 4.83. The van der Waals surface area contributed by atoms with E-state index in [9.17, 15) is 13.2 Å². The van der Waals surface area contributed by atoms with Crippen LogP contribution in [0.4, 0.5) is 13.2 Å². The maximum atomic E-state index is 13.9. The lowest BCUT2D eigenvalue weighted by molar-refractivity contribution is 0.435. The summed E-state index contributed by atoms with van der Waals surface area (Å²) in [7, 11) is 1.60. The summed E-state index contributed by atoms with van der Waals surface area (Å²) in [6, 6.07) is 6.47. The third kappa shape index (κ3) is 2.85. The number of hydrogen-bond donors (Lipinski definition) is 1. The first-order chi connectivity index (χ1) is 9.45. The molecule has 0 saturated carbocycles. The summed E-state index contributed by atoms with van der Waals surface area (Å²) >= 11 is 9.26. The van der Waals surface area contributed by atoms with Crippen molar-refractivity contribution in [1.29, 1.82) is 0 Å². The Morgan fingerprint density at radius 1 is 1.05 bits per heavy atom. The Bertz CT molecular complexity index is 649. The second-order valence-electron chi connectivity index (χ2n) is 4.15. The van der Waals surface area contributed by atoms with Gasteiger partial charge in [-0.2, -0.15) is 0 Å². The molecule has 20 heavy (non-hydrogen) atoms. The zero-order valence-corrected chi connectivity index (χ0v) is 12.7. The molecule has 6 heteroatoms. The van der Waals surface area contributed by atoms with Gasteiger partial charge in [-0.3, -0.25) is 0 Å². The molecule has 0 aliphatic rings. The first-order valence-electron chi connectivity index (χ1n) is 5.71. The highest BCUT2D eigenvalue weighted by Crippen LogP contribution is 2.32. The van der Waals surface area contributed by atoms with Gasteiger partial charge in [0.1, 0.15) is 0 Å². The average molecular weight is 365 g/mol. The van der Waals surface area contributed by atoms with Crippen molar-refractivity contribution in [2.24, 2.45) is 0 Å². The van der Waals surface area contributed by atoms with Gasteiger partial charge in [-0.15, -0.1) is 0 Å². The van der Waals surface area contributed by atoms with E-state index in [2.05, 4.69) is 21.2 Å². The predicted molar refractivity (Wildman–Crippen MR) is 76.4 cm³/mol. The Morgan fingerprint density at radius 3 is 2.40 bits per heavy atom. The molecule has 0 aliphatic heterocycles. The van der Waals surface area contributed by atoms with Crippen molar-refractivity contribution in [3.05, 3.63) is 68.4 Å². The second-order valence-corrected chi connectivity index (χ2v) is 5.44. The van der Waals surface area contributed by atoms with Crippen LogP contribution in [0, 0.1) is 17.5 Å². The third-order valence-electron chi connectivity index (χ3n) is 2.93. The first kappa shape index (κ1) is 15.4. The van der Waals surface area contributed by atoms with E-state index in [1.165, 1.54) is 6.07 Å². The van der Waals surface area contributed by atoms with Crippen molar-refractivity contribution in [2.45, 2.75) is 6.04 Å². The fourth-order valence-corrected chi connectivity index (χ4v) is 2.63. The summed E-state index contributed by atoms with van der Waals surface area (Å²) in [6.07, 6.45) is 0. The summed E-state index contributed by atoms with van der Waals surface area (Å²) in [4.78, 5) is 0. The number of benzene rings is 2. The average Bonchev–Trinajstić information content (AvgIpc) is 2.43. The van der Waals surface area contributed by atoms with Crippen LogP contribution in [-0.2, 0) is 0 Å². The van der Waals surface area contributed by atoms with Crippen LogP contribution in [-0.4, -0.2) is 7.05 Å². The third-order valence-corrected chi connectivity index (χ3v) is 3.89. The zero-order valence-electron chi connectivity index (χ0n) is 10.4. The molecule has 0 fully saturated rings. The molecule has 0 spiro atoms. The van der Waals surface area contributed by atoms with Crippen LogP contribution in [0.15, 0.2) is 34.8 Å². The maximum absolute atomic E-state index is 13.9. The Labute approximate surface area is 127 Å². The van der Waals surface area contributed by atoms with E-state index < -0.39 is 23.5 Å². The van der Waals surface area contributed by atoms with E-state index in [0.29, 0.717) is 15.1 Å². The second kappa shape index (κ2) is 6.16. The van der Waals surface area contributed by atoms with Crippen molar-refractivity contribution in [3.63, 3.8) is 0 Å². The monoisotopic (exact) mass is 363 g/mol. The fraction of sp³-hybridized carbons (Fsp3) is 0.143. The molecular formula is C14H10BrClF3N. The summed E-state index contributed by atoms with van der Waals surface area (Å²) in [5.74, 6) is -3.91. The van der Waals surface area contributed by atoms with Gasteiger partial charge in [-0.25, -0.2) is 13.2 Å². The van der Waals surface area contributed by atoms with Crippen LogP contribution in [0.1, 0.15) is 17.2 Å². The summed E-state index contributed by atoms with van der Waals surface area (Å²) in [5, 5.41) is 3.34. The highest BCUT2D eigenvalue weighted by Gasteiger charge is 2.22. The van der Waals surface area contributed by atoms with Crippen molar-refractivity contribution in [3.8, 4) is 0 Å². The molecule has 0 heterocycles. The highest BCUT2D eigenvalue weighted by molar-refractivity contribution is 9.10. The van der Waals surface area contributed by atoms with Crippen LogP contribution in [0.5, 0.6) is 0 Å². The highest BCUT2D eigenvalue weighted by atomic mass is 79.9. The molecule has 0 saturated heterocycles. The van der Waals surface area contributed by atoms with Crippen molar-refractivity contribution in [1.82, 2.24) is 5.32 Å². The summed E-state index contributed by atoms with van der Waals surface area (Å²) in [5.41, 5.74) is 0.638. The maximum Gasteiger partial charge on any atom is 0.194 e. The number of hydrogen-bond acceptors (Lipinski definition) is 1. The first-order valence-corrected chi connectivity index (χ1v) is 6.88. The van der Waals surface area contributed by atoms with E-state index >= 15 is 0 Å². The molecule has 0 radical (unpaired) electrons. The minimum absolute atomic E-state index is 0.00867. The zero-order chi connectivity index (χ0) is 14.9. The Kier molecular flexibility index (Phi) is 4.73. The minimum Gasteiger partial charge on any atom is -0.309 e. The van der Waals surface area contributed by atoms with E-state index in [-0.39, 0.29) is 5.56 Å². The van der Waals surface area contributed by atoms with Crippen molar-refractivity contribution < 1.29 is 13.2 Å². The molecule has 106 valence electrons. The van der Waals surface area contributed by atoms with Crippen LogP contribution in [0.3, 0.4) is 0 Å². The Hall–Kier alpha value is -1.04. The van der Waals surface area contributed by atoms with Gasteiger partial charge in [0.05, 0.1) is 6.04 Å². The lowest BCUT2D eigenvalue weighted by Crippen LogP contribution is -2.20. The molecule has 0 amide bonds. The molecule has 0 aromatic heterocycles. The number of rotatable bonds is 3. The standard InChI is InChI=1S/C14H10BrClF3N/c1-20-14(9-6-7(16)2-4-10(9)15)8-3-5-11(17)13(19)12(8)18/h2-6,14,20H,1H3. The molecule has 2 aromatic rings. The lowest BCUT2D eigenvalue weighted by atomic mass is 9.98. The van der Waals surface area contributed by atoms with Gasteiger partial charge >= 0.3 is 0 Å². The van der Waals surface area contributed by atoms with Crippen LogP contribution < -0.4 is 5.32 Å². The molecule has 2 rings (SSSR count). The van der Waals surface area contributed by atoms with Crippen molar-refractivity contribution >= 4 is 27.5 Å². The Morgan fingerprint density at radius 2 is 1.75 bits per heavy atom. The van der Waals surface area contributed by atoms with Gasteiger partial charge in [-0.05, 0) is 36.9 Å². The topological polar surface area (TPSA) is 12.0 Å². The SMILES string of the molecule is CNC(c1cc(Cl)ccc1Br)c1ccc(F)c(F)c1F. The van der Waals surface area contributed by atoms with Gasteiger partial charge in [0.2, 0.25) is 0 Å². The summed E-state index contributed by atoms with van der Waals surface area (Å²) < 4.78 is 41.0. The van der Waals surface area contributed by atoms with Crippen molar-refractivity contribution in [2.75, 3.05) is 7.05 Å². The van der Waals surface area contributed by atoms with E-state index in [4.69, 9.17) is 11.6 Å². The van der Waals surface area contributed by atoms with Crippen LogP contribution >= 0.6 is 27.5 Å². The van der Waals surface area contributed by atoms with Gasteiger partial charge in [0.15, 0.2) is 17.5 Å². The van der Waals surface area contributed by atoms with Crippen LogP contribution in [0.25, 0.3) is 0 Å². The van der Waals surface area contributed by atoms with E-state index in [1.54, 1.807) is 25.2 Å². The minimum atomic E-state index is -1.49. The number of halogens is 5. The summed E-state index contributed by atoms with van der Waals surface area (Å²) in [6.45, 7) is 0. The Balaban J connectivity index is 2.58. The lowest BCUT2D eigenvalue weighted by Gasteiger charge is -2.20. The molecule has 0 aliphatic carbocycles. The molecule has 1 N–H and O–H groups in total. The number of nitrogens with one attached hydrogen (secondary N) is 1. The molecule has 1 atom stereocenters. The van der Waals surface area contributed by atoms with Gasteiger partial charge in [0.25, 0.3) is 0 Å². The van der Waals surface area contributed by atoms with Gasteiger partial charge in [-0.1, -0.05) is 33.6 Å². The van der Waals surface area contributed by atoms with Crippen LogP contribution in [0.2, 0.25) is 5.02 Å². The molecule has 0 bridgehead atoms. The quantitative estimate of drug-likeness (QED) is 0.769. The fourth-order valence-electron chi connectivity index (χ4n) is 1.98. The van der Waals surface area contributed by atoms with Gasteiger partial charge < -0.3 is 5.32 Å². The normalized spacial score (nSPS) is 12.5. The molecule has 2 aromatic carbocycles. The smallest absolute Gasteiger partial charge is 0.194 e.